The normalized spacial score (nSPS) is 26.1. The lowest BCUT2D eigenvalue weighted by Gasteiger charge is -2.23. The summed E-state index contributed by atoms with van der Waals surface area (Å²) in [6.45, 7) is 4.31. The highest BCUT2D eigenvalue weighted by Crippen LogP contribution is 2.23. The van der Waals surface area contributed by atoms with Crippen LogP contribution >= 0.6 is 0 Å². The SMILES string of the molecule is CNC(Cc1cccc(C)c1)C1CCC(C)O1. The van der Waals surface area contributed by atoms with E-state index in [0.717, 1.165) is 6.42 Å². The minimum Gasteiger partial charge on any atom is -0.374 e. The van der Waals surface area contributed by atoms with E-state index in [2.05, 4.69) is 43.4 Å². The summed E-state index contributed by atoms with van der Waals surface area (Å²) in [5.74, 6) is 0. The average Bonchev–Trinajstić information content (AvgIpc) is 2.73. The average molecular weight is 233 g/mol. The number of benzene rings is 1. The molecule has 1 aromatic carbocycles. The Morgan fingerprint density at radius 1 is 1.41 bits per heavy atom. The molecule has 1 saturated heterocycles. The van der Waals surface area contributed by atoms with E-state index in [1.54, 1.807) is 0 Å². The lowest BCUT2D eigenvalue weighted by molar-refractivity contribution is 0.0337. The van der Waals surface area contributed by atoms with Crippen LogP contribution in [0.15, 0.2) is 24.3 Å². The molecule has 1 heterocycles. The molecule has 0 spiro atoms. The van der Waals surface area contributed by atoms with E-state index < -0.39 is 0 Å². The number of hydrogen-bond donors (Lipinski definition) is 1. The highest BCUT2D eigenvalue weighted by molar-refractivity contribution is 5.23. The molecule has 1 aliphatic rings. The fourth-order valence-corrected chi connectivity index (χ4v) is 2.64. The van der Waals surface area contributed by atoms with Crippen molar-refractivity contribution in [2.45, 2.75) is 51.4 Å². The first kappa shape index (κ1) is 12.6. The first-order valence-electron chi connectivity index (χ1n) is 6.57. The van der Waals surface area contributed by atoms with Crippen molar-refractivity contribution < 1.29 is 4.74 Å². The quantitative estimate of drug-likeness (QED) is 0.863. The lowest BCUT2D eigenvalue weighted by atomic mass is 9.98. The molecule has 3 unspecified atom stereocenters. The van der Waals surface area contributed by atoms with Crippen molar-refractivity contribution in [3.05, 3.63) is 35.4 Å². The zero-order chi connectivity index (χ0) is 12.3. The highest BCUT2D eigenvalue weighted by atomic mass is 16.5. The van der Waals surface area contributed by atoms with Gasteiger partial charge in [-0.05, 0) is 45.7 Å². The number of likely N-dealkylation sites (N-methyl/N-ethyl adjacent to an activating group) is 1. The zero-order valence-electron chi connectivity index (χ0n) is 11.1. The van der Waals surface area contributed by atoms with Crippen molar-refractivity contribution >= 4 is 0 Å². The fraction of sp³-hybridized carbons (Fsp3) is 0.600. The van der Waals surface area contributed by atoms with E-state index in [1.165, 1.54) is 24.0 Å². The largest absolute Gasteiger partial charge is 0.374 e. The van der Waals surface area contributed by atoms with Crippen molar-refractivity contribution in [3.63, 3.8) is 0 Å². The molecule has 0 saturated carbocycles. The number of nitrogens with one attached hydrogen (secondary N) is 1. The molecule has 0 radical (unpaired) electrons. The molecule has 0 aliphatic carbocycles. The second-order valence-electron chi connectivity index (χ2n) is 5.15. The molecule has 1 fully saturated rings. The Balaban J connectivity index is 2.00. The number of aryl methyl sites for hydroxylation is 1. The predicted octanol–water partition coefficient (Wildman–Crippen LogP) is 2.69. The smallest absolute Gasteiger partial charge is 0.0735 e. The Morgan fingerprint density at radius 3 is 2.82 bits per heavy atom. The minimum absolute atomic E-state index is 0.371. The van der Waals surface area contributed by atoms with Gasteiger partial charge < -0.3 is 10.1 Å². The van der Waals surface area contributed by atoms with Gasteiger partial charge in [0.25, 0.3) is 0 Å². The summed E-state index contributed by atoms with van der Waals surface area (Å²) in [7, 11) is 2.03. The number of hydrogen-bond acceptors (Lipinski definition) is 2. The van der Waals surface area contributed by atoms with E-state index in [1.807, 2.05) is 7.05 Å². The molecule has 1 aromatic rings. The Morgan fingerprint density at radius 2 is 2.24 bits per heavy atom. The lowest BCUT2D eigenvalue weighted by Crippen LogP contribution is -2.39. The Labute approximate surface area is 104 Å². The van der Waals surface area contributed by atoms with Crippen LogP contribution in [0.4, 0.5) is 0 Å². The second kappa shape index (κ2) is 5.65. The van der Waals surface area contributed by atoms with E-state index in [9.17, 15) is 0 Å². The van der Waals surface area contributed by atoms with Gasteiger partial charge in [-0.3, -0.25) is 0 Å². The topological polar surface area (TPSA) is 21.3 Å². The summed E-state index contributed by atoms with van der Waals surface area (Å²) in [5.41, 5.74) is 2.73. The van der Waals surface area contributed by atoms with Gasteiger partial charge in [-0.2, -0.15) is 0 Å². The maximum absolute atomic E-state index is 5.95. The van der Waals surface area contributed by atoms with Gasteiger partial charge in [0.15, 0.2) is 0 Å². The summed E-state index contributed by atoms with van der Waals surface area (Å²) in [6, 6.07) is 9.18. The van der Waals surface area contributed by atoms with Crippen LogP contribution < -0.4 is 5.32 Å². The maximum atomic E-state index is 5.95. The van der Waals surface area contributed by atoms with Gasteiger partial charge in [0, 0.05) is 6.04 Å². The van der Waals surface area contributed by atoms with E-state index in [0.29, 0.717) is 18.2 Å². The van der Waals surface area contributed by atoms with Crippen LogP contribution in [-0.4, -0.2) is 25.3 Å². The second-order valence-corrected chi connectivity index (χ2v) is 5.15. The fourth-order valence-electron chi connectivity index (χ4n) is 2.64. The first-order chi connectivity index (χ1) is 8.19. The van der Waals surface area contributed by atoms with Gasteiger partial charge in [0.2, 0.25) is 0 Å². The molecule has 0 aromatic heterocycles. The van der Waals surface area contributed by atoms with Crippen molar-refractivity contribution in [3.8, 4) is 0 Å². The molecule has 2 heteroatoms. The number of ether oxygens (including phenoxy) is 1. The molecule has 0 bridgehead atoms. The Kier molecular flexibility index (Phi) is 4.19. The Bertz CT molecular complexity index is 364. The molecule has 2 rings (SSSR count). The summed E-state index contributed by atoms with van der Waals surface area (Å²) in [4.78, 5) is 0. The molecule has 94 valence electrons. The van der Waals surface area contributed by atoms with Gasteiger partial charge in [-0.25, -0.2) is 0 Å². The predicted molar refractivity (Wildman–Crippen MR) is 71.3 cm³/mol. The molecule has 3 atom stereocenters. The van der Waals surface area contributed by atoms with Crippen molar-refractivity contribution in [1.29, 1.82) is 0 Å². The summed E-state index contributed by atoms with van der Waals surface area (Å²) >= 11 is 0. The Hall–Kier alpha value is -0.860. The van der Waals surface area contributed by atoms with E-state index in [-0.39, 0.29) is 0 Å². The zero-order valence-corrected chi connectivity index (χ0v) is 11.1. The standard InChI is InChI=1S/C15H23NO/c1-11-5-4-6-13(9-11)10-14(16-3)15-8-7-12(2)17-15/h4-6,9,12,14-16H,7-8,10H2,1-3H3. The molecular weight excluding hydrogens is 210 g/mol. The van der Waals surface area contributed by atoms with Crippen LogP contribution in [0.3, 0.4) is 0 Å². The van der Waals surface area contributed by atoms with Gasteiger partial charge in [-0.1, -0.05) is 29.8 Å². The molecular formula is C15H23NO. The summed E-state index contributed by atoms with van der Waals surface area (Å²) in [5, 5.41) is 3.41. The highest BCUT2D eigenvalue weighted by Gasteiger charge is 2.28. The number of rotatable bonds is 4. The van der Waals surface area contributed by atoms with Gasteiger partial charge >= 0.3 is 0 Å². The minimum atomic E-state index is 0.371. The van der Waals surface area contributed by atoms with Crippen LogP contribution in [0.2, 0.25) is 0 Å². The monoisotopic (exact) mass is 233 g/mol. The van der Waals surface area contributed by atoms with Gasteiger partial charge in [-0.15, -0.1) is 0 Å². The van der Waals surface area contributed by atoms with Gasteiger partial charge in [0.1, 0.15) is 0 Å². The molecule has 0 amide bonds. The van der Waals surface area contributed by atoms with Crippen LogP contribution in [0, 0.1) is 6.92 Å². The summed E-state index contributed by atoms with van der Waals surface area (Å²) in [6.07, 6.45) is 4.22. The van der Waals surface area contributed by atoms with E-state index >= 15 is 0 Å². The van der Waals surface area contributed by atoms with Gasteiger partial charge in [0.05, 0.1) is 12.2 Å². The molecule has 2 nitrogen and oxygen atoms in total. The molecule has 1 N–H and O–H groups in total. The maximum Gasteiger partial charge on any atom is 0.0735 e. The van der Waals surface area contributed by atoms with Crippen molar-refractivity contribution in [1.82, 2.24) is 5.32 Å². The van der Waals surface area contributed by atoms with Crippen LogP contribution in [0.25, 0.3) is 0 Å². The molecule has 17 heavy (non-hydrogen) atoms. The van der Waals surface area contributed by atoms with Crippen LogP contribution in [0.1, 0.15) is 30.9 Å². The third-order valence-electron chi connectivity index (χ3n) is 3.62. The third kappa shape index (κ3) is 3.30. The van der Waals surface area contributed by atoms with Crippen molar-refractivity contribution in [2.24, 2.45) is 0 Å². The van der Waals surface area contributed by atoms with Crippen LogP contribution in [-0.2, 0) is 11.2 Å². The molecule has 1 aliphatic heterocycles. The van der Waals surface area contributed by atoms with Crippen molar-refractivity contribution in [2.75, 3.05) is 7.05 Å². The van der Waals surface area contributed by atoms with E-state index in [4.69, 9.17) is 4.74 Å². The first-order valence-corrected chi connectivity index (χ1v) is 6.57. The third-order valence-corrected chi connectivity index (χ3v) is 3.62. The van der Waals surface area contributed by atoms with Crippen LogP contribution in [0.5, 0.6) is 0 Å². The summed E-state index contributed by atoms with van der Waals surface area (Å²) < 4.78 is 5.95.